The van der Waals surface area contributed by atoms with Crippen molar-refractivity contribution in [1.82, 2.24) is 5.32 Å². The molecule has 0 spiro atoms. The van der Waals surface area contributed by atoms with Crippen molar-refractivity contribution in [2.24, 2.45) is 5.92 Å². The van der Waals surface area contributed by atoms with Crippen LogP contribution in [0.5, 0.6) is 0 Å². The van der Waals surface area contributed by atoms with E-state index in [1.165, 1.54) is 17.7 Å². The van der Waals surface area contributed by atoms with Crippen LogP contribution in [-0.4, -0.2) is 13.1 Å². The van der Waals surface area contributed by atoms with Gasteiger partial charge in [0.15, 0.2) is 0 Å². The largest absolute Gasteiger partial charge is 0.316 e. The molecule has 0 aliphatic carbocycles. The van der Waals surface area contributed by atoms with Gasteiger partial charge >= 0.3 is 0 Å². The third-order valence-electron chi connectivity index (χ3n) is 2.75. The van der Waals surface area contributed by atoms with Gasteiger partial charge in [-0.2, -0.15) is 0 Å². The SMILES string of the molecule is CCCC(C)CNCC(C)c1cccs1. The van der Waals surface area contributed by atoms with E-state index in [-0.39, 0.29) is 0 Å². The normalized spacial score (nSPS) is 15.1. The summed E-state index contributed by atoms with van der Waals surface area (Å²) in [5, 5.41) is 5.72. The van der Waals surface area contributed by atoms with Gasteiger partial charge in [-0.3, -0.25) is 0 Å². The molecule has 1 N–H and O–H groups in total. The van der Waals surface area contributed by atoms with Crippen LogP contribution in [-0.2, 0) is 0 Å². The van der Waals surface area contributed by atoms with Crippen LogP contribution in [0.1, 0.15) is 44.4 Å². The molecular formula is C13H23NS. The molecular weight excluding hydrogens is 202 g/mol. The Balaban J connectivity index is 2.15. The first-order chi connectivity index (χ1) is 7.24. The lowest BCUT2D eigenvalue weighted by atomic mass is 10.1. The summed E-state index contributed by atoms with van der Waals surface area (Å²) in [7, 11) is 0. The van der Waals surface area contributed by atoms with E-state index in [1.54, 1.807) is 0 Å². The van der Waals surface area contributed by atoms with Crippen molar-refractivity contribution in [3.63, 3.8) is 0 Å². The lowest BCUT2D eigenvalue weighted by Crippen LogP contribution is -2.25. The van der Waals surface area contributed by atoms with Gasteiger partial charge in [0.05, 0.1) is 0 Å². The van der Waals surface area contributed by atoms with Crippen LogP contribution in [0, 0.1) is 5.92 Å². The molecule has 0 bridgehead atoms. The van der Waals surface area contributed by atoms with Crippen molar-refractivity contribution >= 4 is 11.3 Å². The van der Waals surface area contributed by atoms with E-state index >= 15 is 0 Å². The molecule has 0 aliphatic rings. The maximum absolute atomic E-state index is 3.56. The Morgan fingerprint density at radius 3 is 2.73 bits per heavy atom. The van der Waals surface area contributed by atoms with E-state index < -0.39 is 0 Å². The van der Waals surface area contributed by atoms with Gasteiger partial charge in [-0.25, -0.2) is 0 Å². The van der Waals surface area contributed by atoms with Crippen molar-refractivity contribution in [1.29, 1.82) is 0 Å². The first-order valence-electron chi connectivity index (χ1n) is 5.98. The highest BCUT2D eigenvalue weighted by Gasteiger charge is 2.06. The Kier molecular flexibility index (Phi) is 5.96. The summed E-state index contributed by atoms with van der Waals surface area (Å²) in [5.41, 5.74) is 0. The minimum atomic E-state index is 0.652. The zero-order valence-corrected chi connectivity index (χ0v) is 10.9. The van der Waals surface area contributed by atoms with Gasteiger partial charge in [0.2, 0.25) is 0 Å². The van der Waals surface area contributed by atoms with Gasteiger partial charge in [0.25, 0.3) is 0 Å². The van der Waals surface area contributed by atoms with Gasteiger partial charge in [0.1, 0.15) is 0 Å². The molecule has 86 valence electrons. The third-order valence-corrected chi connectivity index (χ3v) is 3.86. The smallest absolute Gasteiger partial charge is 0.00860 e. The van der Waals surface area contributed by atoms with Gasteiger partial charge in [-0.05, 0) is 30.3 Å². The molecule has 0 radical (unpaired) electrons. The average Bonchev–Trinajstić information content (AvgIpc) is 2.70. The highest BCUT2D eigenvalue weighted by atomic mass is 32.1. The number of thiophene rings is 1. The minimum Gasteiger partial charge on any atom is -0.316 e. The molecule has 2 atom stereocenters. The van der Waals surface area contributed by atoms with E-state index in [9.17, 15) is 0 Å². The monoisotopic (exact) mass is 225 g/mol. The topological polar surface area (TPSA) is 12.0 Å². The summed E-state index contributed by atoms with van der Waals surface area (Å²) in [5.74, 6) is 1.46. The molecule has 0 saturated carbocycles. The van der Waals surface area contributed by atoms with Crippen LogP contribution in [0.3, 0.4) is 0 Å². The molecule has 1 nitrogen and oxygen atoms in total. The second-order valence-electron chi connectivity index (χ2n) is 4.47. The maximum atomic E-state index is 3.56. The predicted octanol–water partition coefficient (Wildman–Crippen LogP) is 3.88. The van der Waals surface area contributed by atoms with Crippen LogP contribution in [0.2, 0.25) is 0 Å². The first kappa shape index (κ1) is 12.7. The quantitative estimate of drug-likeness (QED) is 0.742. The minimum absolute atomic E-state index is 0.652. The standard InChI is InChI=1S/C13H23NS/c1-4-6-11(2)9-14-10-12(3)13-7-5-8-15-13/h5,7-8,11-12,14H,4,6,9-10H2,1-3H3. The third kappa shape index (κ3) is 4.80. The zero-order chi connectivity index (χ0) is 11.1. The summed E-state index contributed by atoms with van der Waals surface area (Å²) in [6, 6.07) is 4.36. The second kappa shape index (κ2) is 7.02. The number of nitrogens with one attached hydrogen (secondary N) is 1. The van der Waals surface area contributed by atoms with Crippen molar-refractivity contribution in [3.05, 3.63) is 22.4 Å². The molecule has 0 aliphatic heterocycles. The molecule has 0 saturated heterocycles. The summed E-state index contributed by atoms with van der Waals surface area (Å²) in [6.07, 6.45) is 2.63. The van der Waals surface area contributed by atoms with E-state index in [1.807, 2.05) is 11.3 Å². The highest BCUT2D eigenvalue weighted by Crippen LogP contribution is 2.19. The molecule has 2 heteroatoms. The fourth-order valence-corrected chi connectivity index (χ4v) is 2.60. The van der Waals surface area contributed by atoms with Gasteiger partial charge in [-0.1, -0.05) is 33.3 Å². The van der Waals surface area contributed by atoms with Crippen LogP contribution >= 0.6 is 11.3 Å². The Hall–Kier alpha value is -0.340. The Bertz CT molecular complexity index is 243. The molecule has 1 aromatic heterocycles. The van der Waals surface area contributed by atoms with Gasteiger partial charge < -0.3 is 5.32 Å². The summed E-state index contributed by atoms with van der Waals surface area (Å²) in [6.45, 7) is 9.14. The fourth-order valence-electron chi connectivity index (χ4n) is 1.81. The second-order valence-corrected chi connectivity index (χ2v) is 5.45. The molecule has 0 fully saturated rings. The van der Waals surface area contributed by atoms with Gasteiger partial charge in [-0.15, -0.1) is 11.3 Å². The van der Waals surface area contributed by atoms with Crippen molar-refractivity contribution in [2.45, 2.75) is 39.5 Å². The zero-order valence-electron chi connectivity index (χ0n) is 10.1. The van der Waals surface area contributed by atoms with E-state index in [4.69, 9.17) is 0 Å². The lowest BCUT2D eigenvalue weighted by Gasteiger charge is -2.14. The lowest BCUT2D eigenvalue weighted by molar-refractivity contribution is 0.467. The Morgan fingerprint density at radius 2 is 2.13 bits per heavy atom. The number of hydrogen-bond donors (Lipinski definition) is 1. The van der Waals surface area contributed by atoms with E-state index in [0.29, 0.717) is 5.92 Å². The predicted molar refractivity (Wildman–Crippen MR) is 69.7 cm³/mol. The van der Waals surface area contributed by atoms with Crippen molar-refractivity contribution in [3.8, 4) is 0 Å². The Morgan fingerprint density at radius 1 is 1.33 bits per heavy atom. The summed E-state index contributed by atoms with van der Waals surface area (Å²) >= 11 is 1.86. The fraction of sp³-hybridized carbons (Fsp3) is 0.692. The summed E-state index contributed by atoms with van der Waals surface area (Å²) < 4.78 is 0. The molecule has 1 aromatic rings. The maximum Gasteiger partial charge on any atom is 0.00860 e. The number of hydrogen-bond acceptors (Lipinski definition) is 2. The average molecular weight is 225 g/mol. The molecule has 2 unspecified atom stereocenters. The van der Waals surface area contributed by atoms with Crippen LogP contribution in [0.15, 0.2) is 17.5 Å². The molecule has 1 heterocycles. The summed E-state index contributed by atoms with van der Waals surface area (Å²) in [4.78, 5) is 1.49. The van der Waals surface area contributed by atoms with Crippen LogP contribution < -0.4 is 5.32 Å². The van der Waals surface area contributed by atoms with Crippen molar-refractivity contribution < 1.29 is 0 Å². The van der Waals surface area contributed by atoms with Gasteiger partial charge in [0, 0.05) is 17.3 Å². The Labute approximate surface area is 97.9 Å². The number of rotatable bonds is 7. The highest BCUT2D eigenvalue weighted by molar-refractivity contribution is 7.10. The molecule has 0 aromatic carbocycles. The molecule has 1 rings (SSSR count). The van der Waals surface area contributed by atoms with E-state index in [2.05, 4.69) is 43.6 Å². The molecule has 0 amide bonds. The first-order valence-corrected chi connectivity index (χ1v) is 6.86. The van der Waals surface area contributed by atoms with Crippen molar-refractivity contribution in [2.75, 3.05) is 13.1 Å². The molecule has 15 heavy (non-hydrogen) atoms. The van der Waals surface area contributed by atoms with Crippen LogP contribution in [0.25, 0.3) is 0 Å². The van der Waals surface area contributed by atoms with Crippen LogP contribution in [0.4, 0.5) is 0 Å². The van der Waals surface area contributed by atoms with E-state index in [0.717, 1.165) is 19.0 Å².